The molecule has 0 bridgehead atoms. The van der Waals surface area contributed by atoms with E-state index in [9.17, 15) is 9.59 Å². The van der Waals surface area contributed by atoms with E-state index in [-0.39, 0.29) is 18.4 Å². The summed E-state index contributed by atoms with van der Waals surface area (Å²) in [6.45, 7) is 9.99. The summed E-state index contributed by atoms with van der Waals surface area (Å²) in [6.07, 6.45) is 0. The molecule has 0 atom stereocenters. The van der Waals surface area contributed by atoms with Gasteiger partial charge in [0, 0.05) is 23.7 Å². The molecular weight excluding hydrogens is 434 g/mol. The van der Waals surface area contributed by atoms with Gasteiger partial charge in [0.25, 0.3) is 5.91 Å². The van der Waals surface area contributed by atoms with E-state index in [0.29, 0.717) is 11.0 Å². The van der Waals surface area contributed by atoms with E-state index < -0.39 is 5.41 Å². The van der Waals surface area contributed by atoms with E-state index in [2.05, 4.69) is 24.1 Å². The fourth-order valence-electron chi connectivity index (χ4n) is 4.14. The number of aryl methyl sites for hydroxylation is 1. The van der Waals surface area contributed by atoms with Gasteiger partial charge in [-0.25, -0.2) is 4.98 Å². The van der Waals surface area contributed by atoms with Crippen LogP contribution in [0, 0.1) is 6.92 Å². The van der Waals surface area contributed by atoms with Crippen LogP contribution in [0.1, 0.15) is 50.3 Å². The van der Waals surface area contributed by atoms with E-state index in [1.165, 1.54) is 11.3 Å². The van der Waals surface area contributed by atoms with E-state index >= 15 is 0 Å². The topological polar surface area (TPSA) is 71.5 Å². The summed E-state index contributed by atoms with van der Waals surface area (Å²) in [7, 11) is 1.80. The van der Waals surface area contributed by atoms with Crippen LogP contribution in [0.3, 0.4) is 0 Å². The molecule has 0 fully saturated rings. The van der Waals surface area contributed by atoms with Crippen LogP contribution in [-0.2, 0) is 15.0 Å². The Kier molecular flexibility index (Phi) is 6.01. The van der Waals surface area contributed by atoms with Crippen LogP contribution < -0.4 is 15.0 Å². The minimum absolute atomic E-state index is 0.0788. The fourth-order valence-corrected chi connectivity index (χ4v) is 4.87. The van der Waals surface area contributed by atoms with E-state index in [0.717, 1.165) is 39.4 Å². The van der Waals surface area contributed by atoms with Gasteiger partial charge in [-0.05, 0) is 61.6 Å². The van der Waals surface area contributed by atoms with Gasteiger partial charge in [-0.15, -0.1) is 11.3 Å². The lowest BCUT2D eigenvalue weighted by molar-refractivity contribution is -0.121. The third kappa shape index (κ3) is 4.37. The maximum atomic E-state index is 12.6. The lowest BCUT2D eigenvalue weighted by Gasteiger charge is -2.16. The third-order valence-electron chi connectivity index (χ3n) is 6.07. The summed E-state index contributed by atoms with van der Waals surface area (Å²) in [4.78, 5) is 31.3. The Hall–Kier alpha value is -3.19. The number of nitrogens with zero attached hydrogens (tertiary/aromatic N) is 2. The van der Waals surface area contributed by atoms with Crippen LogP contribution in [0.15, 0.2) is 41.8 Å². The molecule has 7 heteroatoms. The van der Waals surface area contributed by atoms with Crippen molar-refractivity contribution in [1.82, 2.24) is 4.98 Å². The smallest absolute Gasteiger partial charge is 0.264 e. The number of nitrogens with one attached hydrogen (secondary N) is 1. The second-order valence-corrected chi connectivity index (χ2v) is 10.1. The van der Waals surface area contributed by atoms with Crippen LogP contribution >= 0.6 is 11.3 Å². The van der Waals surface area contributed by atoms with Gasteiger partial charge in [0.2, 0.25) is 5.91 Å². The van der Waals surface area contributed by atoms with E-state index in [1.54, 1.807) is 11.9 Å². The molecule has 0 spiro atoms. The van der Waals surface area contributed by atoms with Gasteiger partial charge in [-0.1, -0.05) is 32.0 Å². The Morgan fingerprint density at radius 3 is 2.70 bits per heavy atom. The zero-order valence-electron chi connectivity index (χ0n) is 19.9. The number of aromatic nitrogens is 1. The van der Waals surface area contributed by atoms with Crippen LogP contribution in [0.2, 0.25) is 0 Å². The molecule has 33 heavy (non-hydrogen) atoms. The van der Waals surface area contributed by atoms with E-state index in [4.69, 9.17) is 4.74 Å². The zero-order chi connectivity index (χ0) is 23.9. The van der Waals surface area contributed by atoms with E-state index in [1.807, 2.05) is 62.5 Å². The van der Waals surface area contributed by atoms with Gasteiger partial charge in [-0.3, -0.25) is 14.9 Å². The molecule has 4 rings (SSSR count). The number of amides is 2. The van der Waals surface area contributed by atoms with Gasteiger partial charge in [0.05, 0.1) is 11.1 Å². The summed E-state index contributed by atoms with van der Waals surface area (Å²) >= 11 is 1.36. The first-order valence-electron chi connectivity index (χ1n) is 11.0. The highest BCUT2D eigenvalue weighted by Gasteiger charge is 2.42. The van der Waals surface area contributed by atoms with Gasteiger partial charge < -0.3 is 9.64 Å². The molecule has 0 saturated heterocycles. The van der Waals surface area contributed by atoms with Crippen molar-refractivity contribution in [3.8, 4) is 17.0 Å². The van der Waals surface area contributed by atoms with Gasteiger partial charge in [-0.2, -0.15) is 0 Å². The van der Waals surface area contributed by atoms with Crippen molar-refractivity contribution in [3.63, 3.8) is 0 Å². The lowest BCUT2D eigenvalue weighted by Crippen LogP contribution is -2.33. The molecule has 2 amide bonds. The zero-order valence-corrected chi connectivity index (χ0v) is 20.7. The molecule has 3 aromatic rings. The Bertz CT molecular complexity index is 1230. The number of thiazole rings is 1. The summed E-state index contributed by atoms with van der Waals surface area (Å²) in [5, 5.41) is 5.25. The van der Waals surface area contributed by atoms with Gasteiger partial charge in [0.1, 0.15) is 5.75 Å². The Morgan fingerprint density at radius 1 is 1.21 bits per heavy atom. The van der Waals surface area contributed by atoms with Crippen molar-refractivity contribution in [1.29, 1.82) is 0 Å². The highest BCUT2D eigenvalue weighted by molar-refractivity contribution is 7.14. The van der Waals surface area contributed by atoms with Crippen LogP contribution in [0.5, 0.6) is 5.75 Å². The quantitative estimate of drug-likeness (QED) is 0.523. The monoisotopic (exact) mass is 463 g/mol. The molecule has 2 aromatic carbocycles. The lowest BCUT2D eigenvalue weighted by atomic mass is 9.85. The number of ether oxygens (including phenoxy) is 1. The molecular formula is C26H29N3O3S. The number of likely N-dealkylation sites (N-methyl/N-ethyl adjacent to an activating group) is 1. The highest BCUT2D eigenvalue weighted by atomic mass is 32.1. The minimum Gasteiger partial charge on any atom is -0.483 e. The first-order chi connectivity index (χ1) is 15.6. The maximum Gasteiger partial charge on any atom is 0.264 e. The molecule has 0 aliphatic carbocycles. The summed E-state index contributed by atoms with van der Waals surface area (Å²) in [5.41, 5.74) is 5.18. The Labute approximate surface area is 198 Å². The molecule has 0 unspecified atom stereocenters. The molecule has 1 aliphatic rings. The number of fused-ring (bicyclic) bond motifs is 1. The SMILES string of the molecule is Cc1ccc(C(C)C)c(OCC(=O)Nc2nc(-c3ccc4c(c3)C(C)(C)C(=O)N4C)cs2)c1. The highest BCUT2D eigenvalue weighted by Crippen LogP contribution is 2.42. The predicted octanol–water partition coefficient (Wildman–Crippen LogP) is 5.51. The molecule has 1 aliphatic heterocycles. The Morgan fingerprint density at radius 2 is 1.97 bits per heavy atom. The second-order valence-electron chi connectivity index (χ2n) is 9.29. The fraction of sp³-hybridized carbons (Fsp3) is 0.346. The van der Waals surface area contributed by atoms with Crippen LogP contribution in [-0.4, -0.2) is 30.5 Å². The number of rotatable bonds is 6. The number of benzene rings is 2. The van der Waals surface area contributed by atoms with Crippen molar-refractivity contribution in [2.45, 2.75) is 46.0 Å². The second kappa shape index (κ2) is 8.63. The summed E-state index contributed by atoms with van der Waals surface area (Å²) in [5.74, 6) is 0.863. The van der Waals surface area contributed by atoms with Crippen molar-refractivity contribution in [2.75, 3.05) is 23.9 Å². The summed E-state index contributed by atoms with van der Waals surface area (Å²) in [6, 6.07) is 12.0. The largest absolute Gasteiger partial charge is 0.483 e. The predicted molar refractivity (Wildman–Crippen MR) is 133 cm³/mol. The molecule has 0 radical (unpaired) electrons. The standard InChI is InChI=1S/C26H29N3O3S/c1-15(2)18-9-7-16(3)11-22(18)32-13-23(30)28-25-27-20(14-33-25)17-8-10-21-19(12-17)26(4,5)24(31)29(21)6/h7-12,14-15H,13H2,1-6H3,(H,27,28,30). The number of carbonyl (C=O) groups excluding carboxylic acids is 2. The summed E-state index contributed by atoms with van der Waals surface area (Å²) < 4.78 is 5.83. The average Bonchev–Trinajstić information content (AvgIpc) is 3.30. The number of hydrogen-bond donors (Lipinski definition) is 1. The third-order valence-corrected chi connectivity index (χ3v) is 6.82. The van der Waals surface area contributed by atoms with Crippen molar-refractivity contribution in [3.05, 3.63) is 58.5 Å². The Balaban J connectivity index is 1.45. The number of carbonyl (C=O) groups is 2. The molecule has 2 heterocycles. The number of anilines is 2. The van der Waals surface area contributed by atoms with Gasteiger partial charge in [0.15, 0.2) is 11.7 Å². The molecule has 6 nitrogen and oxygen atoms in total. The first-order valence-corrected chi connectivity index (χ1v) is 11.9. The first kappa shape index (κ1) is 23.0. The maximum absolute atomic E-state index is 12.6. The molecule has 0 saturated carbocycles. The minimum atomic E-state index is -0.574. The van der Waals surface area contributed by atoms with Crippen LogP contribution in [0.4, 0.5) is 10.8 Å². The normalized spacial score (nSPS) is 14.5. The molecule has 1 N–H and O–H groups in total. The van der Waals surface area contributed by atoms with Crippen molar-refractivity contribution >= 4 is 34.0 Å². The van der Waals surface area contributed by atoms with Gasteiger partial charge >= 0.3 is 0 Å². The number of hydrogen-bond acceptors (Lipinski definition) is 5. The van der Waals surface area contributed by atoms with Crippen molar-refractivity contribution < 1.29 is 14.3 Å². The van der Waals surface area contributed by atoms with Crippen molar-refractivity contribution in [2.24, 2.45) is 0 Å². The molecule has 172 valence electrons. The average molecular weight is 464 g/mol. The molecule has 1 aromatic heterocycles. The van der Waals surface area contributed by atoms with Crippen LogP contribution in [0.25, 0.3) is 11.3 Å².